The third-order valence-corrected chi connectivity index (χ3v) is 3.79. The number of aromatic carboxylic acids is 1. The number of anilines is 2. The fourth-order valence-electron chi connectivity index (χ4n) is 2.65. The molecule has 0 bridgehead atoms. The fourth-order valence-corrected chi connectivity index (χ4v) is 2.65. The molecule has 0 aliphatic rings. The third kappa shape index (κ3) is 2.41. The quantitative estimate of drug-likeness (QED) is 0.507. The van der Waals surface area contributed by atoms with Crippen LogP contribution in [0.1, 0.15) is 10.4 Å². The van der Waals surface area contributed by atoms with Crippen LogP contribution in [-0.2, 0) is 0 Å². The van der Waals surface area contributed by atoms with Gasteiger partial charge < -0.3 is 10.0 Å². The maximum absolute atomic E-state index is 11.5. The van der Waals surface area contributed by atoms with E-state index in [1.54, 1.807) is 36.2 Å². The maximum Gasteiger partial charge on any atom is 0.337 e. The van der Waals surface area contributed by atoms with Gasteiger partial charge in [0.1, 0.15) is 5.82 Å². The highest BCUT2D eigenvalue weighted by molar-refractivity contribution is 5.99. The lowest BCUT2D eigenvalue weighted by atomic mass is 10.1. The van der Waals surface area contributed by atoms with Gasteiger partial charge in [0.25, 0.3) is 0 Å². The summed E-state index contributed by atoms with van der Waals surface area (Å²) in [7, 11) is 1.71. The van der Waals surface area contributed by atoms with Crippen LogP contribution >= 0.6 is 0 Å². The van der Waals surface area contributed by atoms with Crippen LogP contribution in [0.2, 0.25) is 0 Å². The van der Waals surface area contributed by atoms with Crippen LogP contribution < -0.4 is 10.5 Å². The number of nitrogens with zero attached hydrogens (tertiary/aromatic N) is 3. The molecular weight excluding hydrogens is 306 g/mol. The Morgan fingerprint density at radius 1 is 1.21 bits per heavy atom. The Kier molecular flexibility index (Phi) is 3.83. The molecule has 0 radical (unpaired) electrons. The van der Waals surface area contributed by atoms with Gasteiger partial charge in [0.2, 0.25) is 5.62 Å². The summed E-state index contributed by atoms with van der Waals surface area (Å²) in [5.74, 6) is -0.569. The first-order valence-electron chi connectivity index (χ1n) is 7.17. The van der Waals surface area contributed by atoms with Crippen molar-refractivity contribution in [2.75, 3.05) is 11.9 Å². The van der Waals surface area contributed by atoms with Crippen molar-refractivity contribution < 1.29 is 9.90 Å². The summed E-state index contributed by atoms with van der Waals surface area (Å²) < 4.78 is 1.36. The highest BCUT2D eigenvalue weighted by Gasteiger charge is 2.18. The van der Waals surface area contributed by atoms with Gasteiger partial charge in [0, 0.05) is 12.4 Å². The van der Waals surface area contributed by atoms with Crippen molar-refractivity contribution >= 4 is 34.7 Å². The van der Waals surface area contributed by atoms with Crippen molar-refractivity contribution in [3.8, 4) is 0 Å². The minimum absolute atomic E-state index is 0.0987. The van der Waals surface area contributed by atoms with Gasteiger partial charge in [-0.05, 0) is 24.3 Å². The van der Waals surface area contributed by atoms with Crippen LogP contribution in [0.5, 0.6) is 0 Å². The number of fused-ring (bicyclic) bond motifs is 1. The number of benzene rings is 2. The van der Waals surface area contributed by atoms with E-state index in [1.807, 2.05) is 18.2 Å². The molecule has 3 N–H and O–H groups in total. The smallest absolute Gasteiger partial charge is 0.337 e. The first kappa shape index (κ1) is 15.4. The predicted molar refractivity (Wildman–Crippen MR) is 91.2 cm³/mol. The molecule has 24 heavy (non-hydrogen) atoms. The molecule has 1 aromatic heterocycles. The first-order chi connectivity index (χ1) is 11.5. The summed E-state index contributed by atoms with van der Waals surface area (Å²) in [6, 6.07) is 13.9. The topological polar surface area (TPSA) is 106 Å². The first-order valence-corrected chi connectivity index (χ1v) is 7.17. The van der Waals surface area contributed by atoms with Crippen molar-refractivity contribution in [2.24, 2.45) is 0 Å². The Labute approximate surface area is 137 Å². The molecule has 0 spiro atoms. The van der Waals surface area contributed by atoms with E-state index < -0.39 is 5.97 Å². The lowest BCUT2D eigenvalue weighted by Crippen LogP contribution is -2.27. The number of carbonyl (C=O) groups is 1. The number of carboxylic acids is 1. The molecular formula is C17H15N5O2. The third-order valence-electron chi connectivity index (χ3n) is 3.79. The van der Waals surface area contributed by atoms with Crippen LogP contribution in [0.4, 0.5) is 11.5 Å². The summed E-state index contributed by atoms with van der Waals surface area (Å²) in [5.41, 5.74) is 1.19. The fraction of sp³-hybridized carbons (Fsp3) is 0.0588. The van der Waals surface area contributed by atoms with Gasteiger partial charge in [0.15, 0.2) is 0 Å². The zero-order valence-corrected chi connectivity index (χ0v) is 12.9. The van der Waals surface area contributed by atoms with Gasteiger partial charge in [-0.25, -0.2) is 4.79 Å². The Bertz CT molecular complexity index is 1010. The zero-order chi connectivity index (χ0) is 17.3. The van der Waals surface area contributed by atoms with Crippen LogP contribution in [0.25, 0.3) is 10.9 Å². The monoisotopic (exact) mass is 321 g/mol. The van der Waals surface area contributed by atoms with Crippen LogP contribution in [-0.4, -0.2) is 34.0 Å². The van der Waals surface area contributed by atoms with Gasteiger partial charge in [-0.1, -0.05) is 24.3 Å². The summed E-state index contributed by atoms with van der Waals surface area (Å²) in [6.45, 7) is 0. The molecule has 120 valence electrons. The second-order valence-electron chi connectivity index (χ2n) is 5.16. The number of rotatable bonds is 4. The normalized spacial score (nSPS) is 10.5. The molecule has 3 rings (SSSR count). The predicted octanol–water partition coefficient (Wildman–Crippen LogP) is 2.44. The standard InChI is InChI=1S/C17H15N5O2/c1-21(13-8-4-3-7-12(13)16(23)24)15-11-6-2-5-9-14(11)22(10-18)17(19)20-15/h2-10,18-19H,1H3,(H,23,24). The van der Waals surface area contributed by atoms with Gasteiger partial charge >= 0.3 is 5.97 Å². The molecule has 0 saturated heterocycles. The van der Waals surface area contributed by atoms with Crippen molar-refractivity contribution in [3.63, 3.8) is 0 Å². The Hall–Kier alpha value is -3.48. The van der Waals surface area contributed by atoms with Crippen LogP contribution in [0.15, 0.2) is 48.5 Å². The summed E-state index contributed by atoms with van der Waals surface area (Å²) in [4.78, 5) is 17.4. The molecule has 0 amide bonds. The zero-order valence-electron chi connectivity index (χ0n) is 12.9. The van der Waals surface area contributed by atoms with E-state index in [0.717, 1.165) is 11.7 Å². The minimum Gasteiger partial charge on any atom is -0.478 e. The van der Waals surface area contributed by atoms with E-state index >= 15 is 0 Å². The molecule has 7 nitrogen and oxygen atoms in total. The number of hydrogen-bond donors (Lipinski definition) is 3. The molecule has 0 saturated carbocycles. The Morgan fingerprint density at radius 2 is 1.88 bits per heavy atom. The van der Waals surface area contributed by atoms with Gasteiger partial charge in [0.05, 0.1) is 23.1 Å². The van der Waals surface area contributed by atoms with Crippen LogP contribution in [0.3, 0.4) is 0 Å². The lowest BCUT2D eigenvalue weighted by Gasteiger charge is -2.22. The maximum atomic E-state index is 11.5. The van der Waals surface area contributed by atoms with Gasteiger partial charge in [-0.15, -0.1) is 0 Å². The van der Waals surface area contributed by atoms with E-state index in [2.05, 4.69) is 4.98 Å². The molecule has 0 unspecified atom stereocenters. The molecule has 1 heterocycles. The average molecular weight is 321 g/mol. The number of para-hydroxylation sites is 2. The Balaban J connectivity index is 2.30. The van der Waals surface area contributed by atoms with Crippen molar-refractivity contribution in [1.29, 1.82) is 10.8 Å². The summed E-state index contributed by atoms with van der Waals surface area (Å²) in [6.07, 6.45) is 1.03. The largest absolute Gasteiger partial charge is 0.478 e. The second kappa shape index (κ2) is 5.96. The van der Waals surface area contributed by atoms with E-state index in [9.17, 15) is 9.90 Å². The number of hydrogen-bond acceptors (Lipinski definition) is 5. The molecule has 0 aliphatic carbocycles. The van der Waals surface area contributed by atoms with E-state index in [0.29, 0.717) is 17.0 Å². The van der Waals surface area contributed by atoms with Gasteiger partial charge in [-0.2, -0.15) is 4.98 Å². The Morgan fingerprint density at radius 3 is 2.58 bits per heavy atom. The summed E-state index contributed by atoms with van der Waals surface area (Å²) in [5, 5.41) is 25.6. The van der Waals surface area contributed by atoms with E-state index in [4.69, 9.17) is 10.8 Å². The van der Waals surface area contributed by atoms with E-state index in [1.165, 1.54) is 10.6 Å². The summed E-state index contributed by atoms with van der Waals surface area (Å²) >= 11 is 0. The van der Waals surface area contributed by atoms with Gasteiger partial charge in [-0.3, -0.25) is 15.4 Å². The minimum atomic E-state index is -1.03. The molecule has 0 fully saturated rings. The number of aromatic nitrogens is 2. The van der Waals surface area contributed by atoms with Crippen molar-refractivity contribution in [1.82, 2.24) is 9.55 Å². The molecule has 7 heteroatoms. The van der Waals surface area contributed by atoms with Crippen LogP contribution in [0, 0.1) is 10.8 Å². The number of nitrogens with one attached hydrogen (secondary N) is 2. The molecule has 3 aromatic rings. The second-order valence-corrected chi connectivity index (χ2v) is 5.16. The number of carboxylic acid groups (broad SMARTS) is 1. The highest BCUT2D eigenvalue weighted by atomic mass is 16.4. The average Bonchev–Trinajstić information content (AvgIpc) is 2.60. The molecule has 2 aromatic carbocycles. The van der Waals surface area contributed by atoms with E-state index in [-0.39, 0.29) is 11.2 Å². The molecule has 0 aliphatic heterocycles. The van der Waals surface area contributed by atoms with Crippen molar-refractivity contribution in [2.45, 2.75) is 0 Å². The molecule has 0 atom stereocenters. The SMILES string of the molecule is CN(c1ccccc1C(=O)O)c1nc(=N)n(C=N)c2ccccc12. The van der Waals surface area contributed by atoms with Crippen molar-refractivity contribution in [3.05, 3.63) is 59.7 Å². The lowest BCUT2D eigenvalue weighted by molar-refractivity contribution is 0.0697. The highest BCUT2D eigenvalue weighted by Crippen LogP contribution is 2.30.